The van der Waals surface area contributed by atoms with Gasteiger partial charge in [-0.25, -0.2) is 4.79 Å². The maximum Gasteiger partial charge on any atom is 0.326 e. The van der Waals surface area contributed by atoms with Crippen molar-refractivity contribution in [2.45, 2.75) is 45.6 Å². The van der Waals surface area contributed by atoms with Gasteiger partial charge in [0.15, 0.2) is 0 Å². The van der Waals surface area contributed by atoms with Crippen molar-refractivity contribution >= 4 is 17.6 Å². The molecule has 0 unspecified atom stereocenters. The van der Waals surface area contributed by atoms with E-state index >= 15 is 0 Å². The lowest BCUT2D eigenvalue weighted by Crippen LogP contribution is -2.41. The summed E-state index contributed by atoms with van der Waals surface area (Å²) in [5.41, 5.74) is 7.44. The normalized spacial score (nSPS) is 12.1. The second-order valence-electron chi connectivity index (χ2n) is 5.68. The van der Waals surface area contributed by atoms with Gasteiger partial charge in [0.2, 0.25) is 5.91 Å². The number of carboxylic acids is 1. The van der Waals surface area contributed by atoms with Crippen molar-refractivity contribution in [1.29, 1.82) is 0 Å². The van der Waals surface area contributed by atoms with Gasteiger partial charge in [-0.3, -0.25) is 4.79 Å². The van der Waals surface area contributed by atoms with Gasteiger partial charge in [0.05, 0.1) is 0 Å². The van der Waals surface area contributed by atoms with Crippen LogP contribution in [-0.2, 0) is 16.0 Å². The highest BCUT2D eigenvalue weighted by Gasteiger charge is 2.20. The van der Waals surface area contributed by atoms with E-state index in [1.165, 1.54) is 0 Å². The molecule has 0 saturated heterocycles. The Morgan fingerprint density at radius 2 is 1.86 bits per heavy atom. The van der Waals surface area contributed by atoms with Crippen LogP contribution in [0.2, 0.25) is 0 Å². The van der Waals surface area contributed by atoms with Gasteiger partial charge in [-0.15, -0.1) is 0 Å². The molecule has 1 rings (SSSR count). The fourth-order valence-corrected chi connectivity index (χ4v) is 2.10. The smallest absolute Gasteiger partial charge is 0.326 e. The number of amides is 1. The molecule has 4 N–H and O–H groups in total. The number of aliphatic carboxylic acids is 1. The second kappa shape index (κ2) is 8.29. The predicted octanol–water partition coefficient (Wildman–Crippen LogP) is 2.21. The van der Waals surface area contributed by atoms with E-state index in [2.05, 4.69) is 5.32 Å². The number of nitrogens with one attached hydrogen (secondary N) is 1. The highest BCUT2D eigenvalue weighted by Crippen LogP contribution is 2.09. The average Bonchev–Trinajstić information content (AvgIpc) is 2.39. The van der Waals surface area contributed by atoms with Crippen LogP contribution < -0.4 is 11.1 Å². The third kappa shape index (κ3) is 6.79. The Balaban J connectivity index is 2.35. The SMILES string of the molecule is CC(C)C[C@H](NC(=O)CCCc1ccc(N)cc1)C(=O)O. The maximum absolute atomic E-state index is 11.8. The molecule has 0 fully saturated rings. The van der Waals surface area contributed by atoms with Gasteiger partial charge in [0.25, 0.3) is 0 Å². The van der Waals surface area contributed by atoms with Crippen molar-refractivity contribution in [3.63, 3.8) is 0 Å². The fraction of sp³-hybridized carbons (Fsp3) is 0.500. The number of aryl methyl sites for hydroxylation is 1. The number of benzene rings is 1. The number of hydrogen-bond donors (Lipinski definition) is 3. The lowest BCUT2D eigenvalue weighted by molar-refractivity contribution is -0.142. The molecule has 1 aromatic carbocycles. The number of rotatable bonds is 8. The third-order valence-electron chi connectivity index (χ3n) is 3.19. The van der Waals surface area contributed by atoms with Crippen LogP contribution in [0, 0.1) is 5.92 Å². The molecule has 0 bridgehead atoms. The number of carboxylic acid groups (broad SMARTS) is 1. The molecule has 116 valence electrons. The summed E-state index contributed by atoms with van der Waals surface area (Å²) in [6.07, 6.45) is 2.23. The summed E-state index contributed by atoms with van der Waals surface area (Å²) in [6.45, 7) is 3.87. The minimum Gasteiger partial charge on any atom is -0.480 e. The van der Waals surface area contributed by atoms with Crippen LogP contribution in [0.1, 0.15) is 38.7 Å². The number of carbonyl (C=O) groups is 2. The molecule has 5 nitrogen and oxygen atoms in total. The standard InChI is InChI=1S/C16H24N2O3/c1-11(2)10-14(16(20)21)18-15(19)5-3-4-12-6-8-13(17)9-7-12/h6-9,11,14H,3-5,10,17H2,1-2H3,(H,18,19)(H,20,21)/t14-/m0/s1. The largest absolute Gasteiger partial charge is 0.480 e. The zero-order valence-corrected chi connectivity index (χ0v) is 12.6. The summed E-state index contributed by atoms with van der Waals surface area (Å²) in [7, 11) is 0. The van der Waals surface area contributed by atoms with Crippen molar-refractivity contribution < 1.29 is 14.7 Å². The van der Waals surface area contributed by atoms with Gasteiger partial charge in [-0.2, -0.15) is 0 Å². The number of nitrogens with two attached hydrogens (primary N) is 1. The van der Waals surface area contributed by atoms with Crippen molar-refractivity contribution in [1.82, 2.24) is 5.32 Å². The van der Waals surface area contributed by atoms with Crippen LogP contribution in [0.25, 0.3) is 0 Å². The summed E-state index contributed by atoms with van der Waals surface area (Å²) >= 11 is 0. The molecule has 0 heterocycles. The molecule has 1 amide bonds. The first-order chi connectivity index (χ1) is 9.88. The van der Waals surface area contributed by atoms with Crippen molar-refractivity contribution in [3.05, 3.63) is 29.8 Å². The molecule has 21 heavy (non-hydrogen) atoms. The Kier molecular flexibility index (Phi) is 6.72. The third-order valence-corrected chi connectivity index (χ3v) is 3.19. The zero-order chi connectivity index (χ0) is 15.8. The van der Waals surface area contributed by atoms with Gasteiger partial charge in [0, 0.05) is 12.1 Å². The van der Waals surface area contributed by atoms with Crippen LogP contribution in [0.3, 0.4) is 0 Å². The monoisotopic (exact) mass is 292 g/mol. The van der Waals surface area contributed by atoms with E-state index < -0.39 is 12.0 Å². The number of anilines is 1. The van der Waals surface area contributed by atoms with Gasteiger partial charge in [0.1, 0.15) is 6.04 Å². The lowest BCUT2D eigenvalue weighted by Gasteiger charge is -2.16. The molecule has 0 saturated carbocycles. The molecular weight excluding hydrogens is 268 g/mol. The Morgan fingerprint density at radius 3 is 2.38 bits per heavy atom. The van der Waals surface area contributed by atoms with Crippen LogP contribution in [0.5, 0.6) is 0 Å². The fourth-order valence-electron chi connectivity index (χ4n) is 2.10. The first kappa shape index (κ1) is 17.0. The van der Waals surface area contributed by atoms with E-state index in [1.54, 1.807) is 0 Å². The molecule has 0 spiro atoms. The second-order valence-corrected chi connectivity index (χ2v) is 5.68. The summed E-state index contributed by atoms with van der Waals surface area (Å²) in [6, 6.07) is 6.74. The van der Waals surface area contributed by atoms with Crippen molar-refractivity contribution in [2.75, 3.05) is 5.73 Å². The molecule has 0 radical (unpaired) electrons. The summed E-state index contributed by atoms with van der Waals surface area (Å²) in [4.78, 5) is 22.9. The number of hydrogen-bond acceptors (Lipinski definition) is 3. The van der Waals surface area contributed by atoms with Crippen LogP contribution in [-0.4, -0.2) is 23.0 Å². The Labute approximate surface area is 125 Å². The average molecular weight is 292 g/mol. The van der Waals surface area contributed by atoms with Crippen LogP contribution in [0.4, 0.5) is 5.69 Å². The van der Waals surface area contributed by atoms with E-state index in [0.29, 0.717) is 19.3 Å². The van der Waals surface area contributed by atoms with Crippen LogP contribution >= 0.6 is 0 Å². The van der Waals surface area contributed by atoms with E-state index in [9.17, 15) is 9.59 Å². The minimum absolute atomic E-state index is 0.210. The minimum atomic E-state index is -0.976. The summed E-state index contributed by atoms with van der Waals surface area (Å²) in [5.74, 6) is -0.963. The van der Waals surface area contributed by atoms with E-state index in [4.69, 9.17) is 10.8 Å². The van der Waals surface area contributed by atoms with Gasteiger partial charge in [-0.05, 0) is 42.9 Å². The molecule has 0 aliphatic carbocycles. The van der Waals surface area contributed by atoms with Gasteiger partial charge in [-0.1, -0.05) is 26.0 Å². The molecule has 1 atom stereocenters. The van der Waals surface area contributed by atoms with Crippen molar-refractivity contribution in [2.24, 2.45) is 5.92 Å². The molecule has 0 aromatic heterocycles. The first-order valence-corrected chi connectivity index (χ1v) is 7.25. The molecular formula is C16H24N2O3. The quantitative estimate of drug-likeness (QED) is 0.640. The Morgan fingerprint density at radius 1 is 1.24 bits per heavy atom. The molecule has 0 aliphatic heterocycles. The van der Waals surface area contributed by atoms with Crippen LogP contribution in [0.15, 0.2) is 24.3 Å². The van der Waals surface area contributed by atoms with E-state index in [1.807, 2.05) is 38.1 Å². The Hall–Kier alpha value is -2.04. The summed E-state index contributed by atoms with van der Waals surface area (Å²) < 4.78 is 0. The molecule has 1 aromatic rings. The topological polar surface area (TPSA) is 92.4 Å². The van der Waals surface area contributed by atoms with Crippen molar-refractivity contribution in [3.8, 4) is 0 Å². The van der Waals surface area contributed by atoms with E-state index in [-0.39, 0.29) is 11.8 Å². The van der Waals surface area contributed by atoms with E-state index in [0.717, 1.165) is 17.7 Å². The predicted molar refractivity (Wildman–Crippen MR) is 82.8 cm³/mol. The summed E-state index contributed by atoms with van der Waals surface area (Å²) in [5, 5.41) is 11.7. The lowest BCUT2D eigenvalue weighted by atomic mass is 10.0. The van der Waals surface area contributed by atoms with Gasteiger partial charge >= 0.3 is 5.97 Å². The Bertz CT molecular complexity index is 469. The molecule has 0 aliphatic rings. The first-order valence-electron chi connectivity index (χ1n) is 7.25. The highest BCUT2D eigenvalue weighted by atomic mass is 16.4. The zero-order valence-electron chi connectivity index (χ0n) is 12.6. The highest BCUT2D eigenvalue weighted by molar-refractivity contribution is 5.83. The molecule has 5 heteroatoms. The number of carbonyl (C=O) groups excluding carboxylic acids is 1. The maximum atomic E-state index is 11.8. The number of nitrogen functional groups attached to an aromatic ring is 1. The van der Waals surface area contributed by atoms with Gasteiger partial charge < -0.3 is 16.2 Å².